The minimum Gasteiger partial charge on any atom is -0.327 e. The first-order valence-electron chi connectivity index (χ1n) is 15.1. The van der Waals surface area contributed by atoms with Gasteiger partial charge in [0.2, 0.25) is 0 Å². The molecule has 214 valence electrons. The molecule has 0 unspecified atom stereocenters. The van der Waals surface area contributed by atoms with Gasteiger partial charge in [-0.15, -0.1) is 0 Å². The first-order valence-corrected chi connectivity index (χ1v) is 15.1. The first kappa shape index (κ1) is 25.4. The van der Waals surface area contributed by atoms with Crippen LogP contribution in [0.1, 0.15) is 0 Å². The number of aryl methyl sites for hydroxylation is 1. The number of hydrogen-bond acceptors (Lipinski definition) is 2. The Bertz CT molecular complexity index is 2480. The summed E-state index contributed by atoms with van der Waals surface area (Å²) in [5.74, 6) is 0.946. The molecule has 0 N–H and O–H groups in total. The van der Waals surface area contributed by atoms with Crippen LogP contribution in [0, 0.1) is 0 Å². The van der Waals surface area contributed by atoms with Gasteiger partial charge in [0.1, 0.15) is 5.82 Å². The Morgan fingerprint density at radius 2 is 1.24 bits per heavy atom. The lowest BCUT2D eigenvalue weighted by atomic mass is 10.1. The van der Waals surface area contributed by atoms with Crippen LogP contribution in [-0.4, -0.2) is 28.2 Å². The normalized spacial score (nSPS) is 11.7. The fourth-order valence-corrected chi connectivity index (χ4v) is 6.56. The molecule has 6 nitrogen and oxygen atoms in total. The summed E-state index contributed by atoms with van der Waals surface area (Å²) in [4.78, 5) is 9.90. The van der Waals surface area contributed by atoms with E-state index in [0.717, 1.165) is 61.8 Å². The van der Waals surface area contributed by atoms with Crippen LogP contribution in [0.4, 0.5) is 0 Å². The summed E-state index contributed by atoms with van der Waals surface area (Å²) in [6, 6.07) is 42.7. The molecule has 5 heterocycles. The Balaban J connectivity index is 1.29. The van der Waals surface area contributed by atoms with E-state index in [1.54, 1.807) is 0 Å². The second-order valence-corrected chi connectivity index (χ2v) is 11.4. The highest BCUT2D eigenvalue weighted by molar-refractivity contribution is 6.10. The van der Waals surface area contributed by atoms with Crippen LogP contribution in [-0.2, 0) is 7.05 Å². The number of para-hydroxylation sites is 3. The summed E-state index contributed by atoms with van der Waals surface area (Å²) < 4.78 is 8.82. The molecule has 0 aliphatic rings. The second-order valence-electron chi connectivity index (χ2n) is 11.4. The highest BCUT2D eigenvalue weighted by atomic mass is 15.1. The third-order valence-corrected chi connectivity index (χ3v) is 8.76. The Hall–Kier alpha value is -6.14. The number of aromatic nitrogens is 6. The molecule has 0 aliphatic heterocycles. The van der Waals surface area contributed by atoms with Crippen molar-refractivity contribution in [2.24, 2.45) is 7.05 Å². The van der Waals surface area contributed by atoms with Crippen LogP contribution in [0.15, 0.2) is 152 Å². The molecular formula is C39H28N6. The third-order valence-electron chi connectivity index (χ3n) is 8.76. The molecule has 9 aromatic rings. The van der Waals surface area contributed by atoms with Crippen LogP contribution < -0.4 is 0 Å². The van der Waals surface area contributed by atoms with Gasteiger partial charge in [-0.2, -0.15) is 0 Å². The van der Waals surface area contributed by atoms with Crippen LogP contribution >= 0.6 is 0 Å². The molecular weight excluding hydrogens is 552 g/mol. The van der Waals surface area contributed by atoms with Gasteiger partial charge in [-0.25, -0.2) is 4.98 Å². The van der Waals surface area contributed by atoms with Crippen molar-refractivity contribution in [3.63, 3.8) is 0 Å². The number of rotatable bonds is 5. The standard InChI is InChI=1S/C39H28N6/c1-42-35-13-5-3-11-33(35)41-39(42)28-14-17-31-30-10-2-4-12-34(30)45(37(31)25-28)38-24-27(15-19-36(38)44-22-8-9-23-44)32-18-16-29(26-40-32)43-20-6-7-21-43/h2-26H,1H3. The average Bonchev–Trinajstić information content (AvgIpc) is 3.91. The van der Waals surface area contributed by atoms with Gasteiger partial charge in [-0.05, 0) is 72.8 Å². The maximum Gasteiger partial charge on any atom is 0.140 e. The van der Waals surface area contributed by atoms with Crippen molar-refractivity contribution in [2.45, 2.75) is 0 Å². The maximum absolute atomic E-state index is 5.02. The van der Waals surface area contributed by atoms with Gasteiger partial charge in [0.05, 0.1) is 51.0 Å². The molecule has 6 heteroatoms. The van der Waals surface area contributed by atoms with Gasteiger partial charge >= 0.3 is 0 Å². The van der Waals surface area contributed by atoms with Crippen LogP contribution in [0.25, 0.3) is 72.5 Å². The predicted molar refractivity (Wildman–Crippen MR) is 182 cm³/mol. The summed E-state index contributed by atoms with van der Waals surface area (Å²) in [6.07, 6.45) is 10.2. The van der Waals surface area contributed by atoms with E-state index in [0.29, 0.717) is 0 Å². The lowest BCUT2D eigenvalue weighted by Gasteiger charge is -2.17. The Morgan fingerprint density at radius 1 is 0.533 bits per heavy atom. The largest absolute Gasteiger partial charge is 0.327 e. The summed E-state index contributed by atoms with van der Waals surface area (Å²) in [5, 5.41) is 2.41. The molecule has 0 saturated heterocycles. The van der Waals surface area contributed by atoms with Crippen molar-refractivity contribution in [3.8, 4) is 39.7 Å². The zero-order valence-electron chi connectivity index (χ0n) is 24.6. The summed E-state index contributed by atoms with van der Waals surface area (Å²) in [6.45, 7) is 0. The molecule has 0 amide bonds. The fraction of sp³-hybridized carbons (Fsp3) is 0.0256. The van der Waals surface area contributed by atoms with E-state index in [1.807, 2.05) is 36.8 Å². The second kappa shape index (κ2) is 9.96. The first-order chi connectivity index (χ1) is 22.2. The molecule has 4 aromatic carbocycles. The fourth-order valence-electron chi connectivity index (χ4n) is 6.56. The van der Waals surface area contributed by atoms with E-state index in [-0.39, 0.29) is 0 Å². The summed E-state index contributed by atoms with van der Waals surface area (Å²) >= 11 is 0. The molecule has 0 aliphatic carbocycles. The Kier molecular flexibility index (Phi) is 5.62. The van der Waals surface area contributed by atoms with Crippen molar-refractivity contribution in [1.29, 1.82) is 0 Å². The van der Waals surface area contributed by atoms with E-state index in [4.69, 9.17) is 9.97 Å². The number of pyridine rings is 1. The van der Waals surface area contributed by atoms with E-state index < -0.39 is 0 Å². The Labute approximate surface area is 259 Å². The number of benzene rings is 4. The van der Waals surface area contributed by atoms with Gasteiger partial charge in [-0.3, -0.25) is 4.98 Å². The quantitative estimate of drug-likeness (QED) is 0.204. The molecule has 0 spiro atoms. The maximum atomic E-state index is 5.02. The monoisotopic (exact) mass is 580 g/mol. The smallest absolute Gasteiger partial charge is 0.140 e. The van der Waals surface area contributed by atoms with E-state index in [2.05, 4.69) is 141 Å². The minimum atomic E-state index is 0.923. The third kappa shape index (κ3) is 4.03. The number of hydrogen-bond donors (Lipinski definition) is 0. The summed E-state index contributed by atoms with van der Waals surface area (Å²) in [7, 11) is 2.09. The topological polar surface area (TPSA) is 45.5 Å². The van der Waals surface area contributed by atoms with E-state index in [1.165, 1.54) is 10.8 Å². The highest BCUT2D eigenvalue weighted by Gasteiger charge is 2.19. The van der Waals surface area contributed by atoms with Gasteiger partial charge < -0.3 is 18.3 Å². The molecule has 0 saturated carbocycles. The average molecular weight is 581 g/mol. The van der Waals surface area contributed by atoms with Crippen molar-refractivity contribution >= 4 is 32.8 Å². The molecule has 9 rings (SSSR count). The zero-order chi connectivity index (χ0) is 29.9. The molecule has 0 atom stereocenters. The zero-order valence-corrected chi connectivity index (χ0v) is 24.6. The molecule has 5 aromatic heterocycles. The van der Waals surface area contributed by atoms with Crippen LogP contribution in [0.2, 0.25) is 0 Å². The van der Waals surface area contributed by atoms with Gasteiger partial charge in [0.15, 0.2) is 0 Å². The van der Waals surface area contributed by atoms with Crippen LogP contribution in [0.5, 0.6) is 0 Å². The SMILES string of the molecule is Cn1c(-c2ccc3c4ccccc4n(-c4cc(-c5ccc(-n6cccc6)cn5)ccc4-n4cccc4)c3c2)nc2ccccc21. The molecule has 0 bridgehead atoms. The van der Waals surface area contributed by atoms with Crippen molar-refractivity contribution in [3.05, 3.63) is 152 Å². The van der Waals surface area contributed by atoms with E-state index >= 15 is 0 Å². The van der Waals surface area contributed by atoms with Gasteiger partial charge in [-0.1, -0.05) is 48.5 Å². The van der Waals surface area contributed by atoms with Crippen molar-refractivity contribution in [1.82, 2.24) is 28.2 Å². The summed E-state index contributed by atoms with van der Waals surface area (Å²) in [5.41, 5.74) is 10.6. The molecule has 0 fully saturated rings. The Morgan fingerprint density at radius 3 is 2.02 bits per heavy atom. The molecule has 45 heavy (non-hydrogen) atoms. The number of fused-ring (bicyclic) bond motifs is 4. The lowest BCUT2D eigenvalue weighted by molar-refractivity contribution is 0.959. The van der Waals surface area contributed by atoms with Crippen LogP contribution in [0.3, 0.4) is 0 Å². The molecule has 0 radical (unpaired) electrons. The van der Waals surface area contributed by atoms with E-state index in [9.17, 15) is 0 Å². The van der Waals surface area contributed by atoms with Crippen molar-refractivity contribution < 1.29 is 0 Å². The van der Waals surface area contributed by atoms with Gasteiger partial charge in [0, 0.05) is 53.7 Å². The van der Waals surface area contributed by atoms with Crippen molar-refractivity contribution in [2.75, 3.05) is 0 Å². The van der Waals surface area contributed by atoms with Gasteiger partial charge in [0.25, 0.3) is 0 Å². The lowest BCUT2D eigenvalue weighted by Crippen LogP contribution is -2.03. The predicted octanol–water partition coefficient (Wildman–Crippen LogP) is 8.98. The number of nitrogens with zero attached hydrogens (tertiary/aromatic N) is 6. The highest BCUT2D eigenvalue weighted by Crippen LogP contribution is 2.38. The minimum absolute atomic E-state index is 0.923. The number of imidazole rings is 1.